The third kappa shape index (κ3) is 2.54. The van der Waals surface area contributed by atoms with Crippen molar-refractivity contribution in [3.63, 3.8) is 0 Å². The normalized spacial score (nSPS) is 11.1. The summed E-state index contributed by atoms with van der Waals surface area (Å²) in [6.45, 7) is 9.49. The van der Waals surface area contributed by atoms with E-state index < -0.39 is 0 Å². The minimum atomic E-state index is 0. The molecule has 0 aliphatic rings. The number of oxazole rings is 1. The van der Waals surface area contributed by atoms with Crippen LogP contribution in [-0.4, -0.2) is 15.3 Å². The second-order valence-electron chi connectivity index (χ2n) is 6.00. The number of nitrogens with zero attached hydrogens (tertiary/aromatic N) is 3. The van der Waals surface area contributed by atoms with Crippen LogP contribution in [0.15, 0.2) is 25.6 Å². The Kier molecular flexibility index (Phi) is 3.99. The van der Waals surface area contributed by atoms with Gasteiger partial charge < -0.3 is 13.5 Å². The van der Waals surface area contributed by atoms with Gasteiger partial charge in [0.25, 0.3) is 0 Å². The number of hydrogen-bond acceptors (Lipinski definition) is 6. The van der Waals surface area contributed by atoms with Crippen molar-refractivity contribution in [3.8, 4) is 22.3 Å². The number of fused-ring (bicyclic) bond motifs is 1. The Morgan fingerprint density at radius 1 is 0.800 bits per heavy atom. The van der Waals surface area contributed by atoms with Crippen LogP contribution in [0.25, 0.3) is 33.4 Å². The monoisotopic (exact) mass is 339 g/mol. The smallest absolute Gasteiger partial charge is 0.192 e. The van der Waals surface area contributed by atoms with Gasteiger partial charge in [-0.05, 0) is 45.4 Å². The highest BCUT2D eigenvalue weighted by Gasteiger charge is 2.21. The van der Waals surface area contributed by atoms with Gasteiger partial charge in [0.15, 0.2) is 11.5 Å². The van der Waals surface area contributed by atoms with E-state index in [1.165, 1.54) is 0 Å². The molecule has 0 atom stereocenters. The van der Waals surface area contributed by atoms with Crippen LogP contribution < -0.4 is 0 Å². The quantitative estimate of drug-likeness (QED) is 0.492. The van der Waals surface area contributed by atoms with E-state index in [9.17, 15) is 0 Å². The van der Waals surface area contributed by atoms with Crippen LogP contribution in [-0.2, 0) is 0 Å². The standard InChI is InChI=1S/C18H17N3O3.CH4/c1-8-16(10(3)23-20-8)13-6-14(17-9(2)21-24-11(17)4)18-15(7-13)19-12(5)22-18;/h6-7H,1-5H3;1H4. The molecule has 0 bridgehead atoms. The van der Waals surface area contributed by atoms with Crippen molar-refractivity contribution in [3.05, 3.63) is 40.9 Å². The van der Waals surface area contributed by atoms with Gasteiger partial charge in [-0.25, -0.2) is 4.98 Å². The molecular weight excluding hydrogens is 318 g/mol. The number of rotatable bonds is 2. The van der Waals surface area contributed by atoms with Gasteiger partial charge >= 0.3 is 0 Å². The molecule has 0 aliphatic heterocycles. The van der Waals surface area contributed by atoms with Crippen molar-refractivity contribution in [2.75, 3.05) is 0 Å². The van der Waals surface area contributed by atoms with Crippen molar-refractivity contribution in [1.82, 2.24) is 15.3 Å². The molecule has 3 aromatic heterocycles. The molecule has 0 N–H and O–H groups in total. The first-order valence-electron chi connectivity index (χ1n) is 7.73. The zero-order chi connectivity index (χ0) is 17.0. The largest absolute Gasteiger partial charge is 0.440 e. The molecule has 4 rings (SSSR count). The first kappa shape index (κ1) is 17.0. The van der Waals surface area contributed by atoms with Crippen molar-refractivity contribution < 1.29 is 13.5 Å². The highest BCUT2D eigenvalue weighted by molar-refractivity contribution is 5.96. The van der Waals surface area contributed by atoms with Crippen LogP contribution in [0.5, 0.6) is 0 Å². The van der Waals surface area contributed by atoms with Crippen molar-refractivity contribution in [2.24, 2.45) is 0 Å². The van der Waals surface area contributed by atoms with E-state index in [1.807, 2.05) is 40.7 Å². The minimum absolute atomic E-state index is 0. The predicted octanol–water partition coefficient (Wildman–Crippen LogP) is 5.32. The molecule has 1 aromatic carbocycles. The lowest BCUT2D eigenvalue weighted by Crippen LogP contribution is -1.88. The second kappa shape index (κ2) is 5.88. The molecule has 0 saturated carbocycles. The Morgan fingerprint density at radius 2 is 1.40 bits per heavy atom. The lowest BCUT2D eigenvalue weighted by Gasteiger charge is -2.06. The Labute approximate surface area is 145 Å². The molecule has 0 radical (unpaired) electrons. The third-order valence-corrected chi connectivity index (χ3v) is 4.22. The molecule has 0 saturated heterocycles. The zero-order valence-electron chi connectivity index (χ0n) is 14.2. The van der Waals surface area contributed by atoms with Gasteiger partial charge in [-0.3, -0.25) is 0 Å². The lowest BCUT2D eigenvalue weighted by molar-refractivity contribution is 0.393. The van der Waals surface area contributed by atoms with E-state index in [4.69, 9.17) is 13.5 Å². The Bertz CT molecular complexity index is 1030. The molecule has 0 amide bonds. The summed E-state index contributed by atoms with van der Waals surface area (Å²) >= 11 is 0. The van der Waals surface area contributed by atoms with Crippen molar-refractivity contribution in [2.45, 2.75) is 42.0 Å². The fourth-order valence-corrected chi connectivity index (χ4v) is 3.24. The maximum atomic E-state index is 5.85. The third-order valence-electron chi connectivity index (χ3n) is 4.22. The van der Waals surface area contributed by atoms with E-state index in [-0.39, 0.29) is 7.43 Å². The van der Waals surface area contributed by atoms with Gasteiger partial charge in [0.1, 0.15) is 17.0 Å². The highest BCUT2D eigenvalue weighted by atomic mass is 16.5. The summed E-state index contributed by atoms with van der Waals surface area (Å²) in [7, 11) is 0. The van der Waals surface area contributed by atoms with Gasteiger partial charge in [0.05, 0.1) is 17.0 Å². The Balaban J connectivity index is 0.00000182. The summed E-state index contributed by atoms with van der Waals surface area (Å²) in [6, 6.07) is 4.06. The maximum Gasteiger partial charge on any atom is 0.192 e. The maximum absolute atomic E-state index is 5.85. The number of benzene rings is 1. The fraction of sp³-hybridized carbons (Fsp3) is 0.316. The van der Waals surface area contributed by atoms with E-state index >= 15 is 0 Å². The highest BCUT2D eigenvalue weighted by Crippen LogP contribution is 2.38. The molecule has 0 spiro atoms. The van der Waals surface area contributed by atoms with Gasteiger partial charge in [-0.1, -0.05) is 17.7 Å². The SMILES string of the molecule is C.Cc1nc2cc(-c3c(C)noc3C)cc(-c3c(C)noc3C)c2o1. The summed E-state index contributed by atoms with van der Waals surface area (Å²) in [5.41, 5.74) is 7.00. The van der Waals surface area contributed by atoms with Crippen molar-refractivity contribution in [1.29, 1.82) is 0 Å². The van der Waals surface area contributed by atoms with Crippen LogP contribution >= 0.6 is 0 Å². The van der Waals surface area contributed by atoms with Crippen LogP contribution in [0.4, 0.5) is 0 Å². The van der Waals surface area contributed by atoms with Crippen LogP contribution in [0.3, 0.4) is 0 Å². The van der Waals surface area contributed by atoms with Crippen LogP contribution in [0.1, 0.15) is 36.2 Å². The van der Waals surface area contributed by atoms with Gasteiger partial charge in [-0.15, -0.1) is 0 Å². The molecular formula is C19H21N3O3. The number of aryl methyl sites for hydroxylation is 5. The van der Waals surface area contributed by atoms with Crippen LogP contribution in [0.2, 0.25) is 0 Å². The average molecular weight is 339 g/mol. The molecule has 0 fully saturated rings. The molecule has 6 nitrogen and oxygen atoms in total. The molecule has 130 valence electrons. The molecule has 4 aromatic rings. The predicted molar refractivity (Wildman–Crippen MR) is 95.4 cm³/mol. The lowest BCUT2D eigenvalue weighted by atomic mass is 9.96. The summed E-state index contributed by atoms with van der Waals surface area (Å²) in [4.78, 5) is 4.50. The summed E-state index contributed by atoms with van der Waals surface area (Å²) in [5.74, 6) is 2.14. The minimum Gasteiger partial charge on any atom is -0.440 e. The van der Waals surface area contributed by atoms with Gasteiger partial charge in [-0.2, -0.15) is 0 Å². The Morgan fingerprint density at radius 3 is 1.96 bits per heavy atom. The van der Waals surface area contributed by atoms with E-state index in [0.29, 0.717) is 5.89 Å². The topological polar surface area (TPSA) is 78.1 Å². The molecule has 3 heterocycles. The molecule has 6 heteroatoms. The zero-order valence-corrected chi connectivity index (χ0v) is 14.2. The molecule has 0 aliphatic carbocycles. The van der Waals surface area contributed by atoms with E-state index in [1.54, 1.807) is 0 Å². The number of hydrogen-bond donors (Lipinski definition) is 0. The molecule has 25 heavy (non-hydrogen) atoms. The van der Waals surface area contributed by atoms with Crippen LogP contribution in [0, 0.1) is 34.6 Å². The number of aromatic nitrogens is 3. The fourth-order valence-electron chi connectivity index (χ4n) is 3.24. The summed E-state index contributed by atoms with van der Waals surface area (Å²) in [6.07, 6.45) is 0. The summed E-state index contributed by atoms with van der Waals surface area (Å²) < 4.78 is 16.5. The van der Waals surface area contributed by atoms with Crippen molar-refractivity contribution >= 4 is 11.1 Å². The second-order valence-corrected chi connectivity index (χ2v) is 6.00. The van der Waals surface area contributed by atoms with Gasteiger partial charge in [0, 0.05) is 18.1 Å². The first-order valence-corrected chi connectivity index (χ1v) is 7.73. The van der Waals surface area contributed by atoms with Gasteiger partial charge in [0.2, 0.25) is 0 Å². The first-order chi connectivity index (χ1) is 11.5. The van der Waals surface area contributed by atoms with E-state index in [2.05, 4.69) is 21.4 Å². The summed E-state index contributed by atoms with van der Waals surface area (Å²) in [5, 5.41) is 8.12. The Hall–Kier alpha value is -2.89. The van der Waals surface area contributed by atoms with E-state index in [0.717, 1.165) is 56.3 Å². The molecule has 0 unspecified atom stereocenters. The average Bonchev–Trinajstić information content (AvgIpc) is 3.16.